The molecule has 3 rings (SSSR count). The van der Waals surface area contributed by atoms with Crippen molar-refractivity contribution in [2.24, 2.45) is 0 Å². The van der Waals surface area contributed by atoms with Gasteiger partial charge in [-0.1, -0.05) is 11.6 Å². The zero-order valence-electron chi connectivity index (χ0n) is 10.8. The first-order valence-electron chi connectivity index (χ1n) is 5.84. The Kier molecular flexibility index (Phi) is 3.36. The molecule has 3 aromatic rings. The van der Waals surface area contributed by atoms with E-state index in [0.717, 1.165) is 0 Å². The van der Waals surface area contributed by atoms with Gasteiger partial charge in [0.1, 0.15) is 5.15 Å². The third-order valence-electron chi connectivity index (χ3n) is 2.68. The second kappa shape index (κ2) is 5.33. The van der Waals surface area contributed by atoms with Crippen LogP contribution in [0.25, 0.3) is 5.52 Å². The fraction of sp³-hybridized carbons (Fsp3) is 0.0833. The number of nitrogens with zero attached hydrogens (tertiary/aromatic N) is 5. The van der Waals surface area contributed by atoms with Crippen molar-refractivity contribution in [3.8, 4) is 5.88 Å². The highest BCUT2D eigenvalue weighted by atomic mass is 35.5. The molecule has 0 saturated carbocycles. The third-order valence-corrected chi connectivity index (χ3v) is 2.87. The number of halogens is 1. The van der Waals surface area contributed by atoms with Gasteiger partial charge in [-0.05, 0) is 0 Å². The van der Waals surface area contributed by atoms with Gasteiger partial charge in [-0.3, -0.25) is 15.1 Å². The van der Waals surface area contributed by atoms with Crippen LogP contribution in [0.4, 0.5) is 5.95 Å². The number of anilines is 1. The summed E-state index contributed by atoms with van der Waals surface area (Å²) < 4.78 is 6.51. The van der Waals surface area contributed by atoms with Crippen LogP contribution in [-0.4, -0.2) is 37.6 Å². The van der Waals surface area contributed by atoms with Crippen LogP contribution in [0, 0.1) is 0 Å². The van der Waals surface area contributed by atoms with Crippen LogP contribution in [0.1, 0.15) is 10.4 Å². The number of ether oxygens (including phenoxy) is 1. The molecule has 8 nitrogen and oxygen atoms in total. The van der Waals surface area contributed by atoms with Crippen molar-refractivity contribution in [3.63, 3.8) is 0 Å². The van der Waals surface area contributed by atoms with E-state index in [0.29, 0.717) is 11.1 Å². The van der Waals surface area contributed by atoms with Crippen LogP contribution in [-0.2, 0) is 0 Å². The summed E-state index contributed by atoms with van der Waals surface area (Å²) in [7, 11) is 1.45. The molecule has 0 aliphatic carbocycles. The SMILES string of the molecule is COc1cc(Cl)nc(NC(=O)c2cnn3ccncc23)n1. The molecule has 0 saturated heterocycles. The number of hydrogen-bond donors (Lipinski definition) is 1. The van der Waals surface area contributed by atoms with Gasteiger partial charge < -0.3 is 4.74 Å². The molecular formula is C12H9ClN6O2. The monoisotopic (exact) mass is 304 g/mol. The lowest BCUT2D eigenvalue weighted by Crippen LogP contribution is -2.14. The number of hydrogen-bond acceptors (Lipinski definition) is 6. The third kappa shape index (κ3) is 2.61. The Bertz CT molecular complexity index is 818. The predicted molar refractivity (Wildman–Crippen MR) is 74.5 cm³/mol. The van der Waals surface area contributed by atoms with Gasteiger partial charge in [0.15, 0.2) is 0 Å². The lowest BCUT2D eigenvalue weighted by atomic mass is 10.3. The minimum Gasteiger partial charge on any atom is -0.481 e. The maximum atomic E-state index is 12.2. The number of carbonyl (C=O) groups excluding carboxylic acids is 1. The van der Waals surface area contributed by atoms with E-state index in [-0.39, 0.29) is 17.0 Å². The minimum absolute atomic E-state index is 0.0487. The normalized spacial score (nSPS) is 10.6. The molecule has 0 aromatic carbocycles. The van der Waals surface area contributed by atoms with E-state index in [1.165, 1.54) is 19.4 Å². The van der Waals surface area contributed by atoms with Crippen molar-refractivity contribution in [2.75, 3.05) is 12.4 Å². The molecule has 3 heterocycles. The molecule has 0 atom stereocenters. The fourth-order valence-electron chi connectivity index (χ4n) is 1.74. The number of methoxy groups -OCH3 is 1. The Balaban J connectivity index is 1.91. The van der Waals surface area contributed by atoms with Gasteiger partial charge in [0.25, 0.3) is 5.91 Å². The summed E-state index contributed by atoms with van der Waals surface area (Å²) in [6, 6.07) is 1.44. The second-order valence-corrected chi connectivity index (χ2v) is 4.36. The average Bonchev–Trinajstić information content (AvgIpc) is 2.90. The molecule has 0 fully saturated rings. The molecule has 0 aliphatic heterocycles. The van der Waals surface area contributed by atoms with Gasteiger partial charge in [0.2, 0.25) is 11.8 Å². The summed E-state index contributed by atoms with van der Waals surface area (Å²) in [4.78, 5) is 24.1. The van der Waals surface area contributed by atoms with E-state index < -0.39 is 5.91 Å². The molecule has 9 heteroatoms. The number of amides is 1. The fourth-order valence-corrected chi connectivity index (χ4v) is 1.91. The molecule has 0 unspecified atom stereocenters. The smallest absolute Gasteiger partial charge is 0.261 e. The highest BCUT2D eigenvalue weighted by molar-refractivity contribution is 6.29. The number of fused-ring (bicyclic) bond motifs is 1. The van der Waals surface area contributed by atoms with Crippen molar-refractivity contribution < 1.29 is 9.53 Å². The molecule has 0 radical (unpaired) electrons. The van der Waals surface area contributed by atoms with E-state index in [4.69, 9.17) is 16.3 Å². The highest BCUT2D eigenvalue weighted by Gasteiger charge is 2.15. The quantitative estimate of drug-likeness (QED) is 0.736. The van der Waals surface area contributed by atoms with E-state index in [2.05, 4.69) is 25.4 Å². The topological polar surface area (TPSA) is 94.3 Å². The lowest BCUT2D eigenvalue weighted by molar-refractivity contribution is 0.102. The second-order valence-electron chi connectivity index (χ2n) is 3.98. The summed E-state index contributed by atoms with van der Waals surface area (Å²) in [6.45, 7) is 0. The highest BCUT2D eigenvalue weighted by Crippen LogP contribution is 2.17. The van der Waals surface area contributed by atoms with E-state index in [1.54, 1.807) is 23.1 Å². The van der Waals surface area contributed by atoms with Crippen LogP contribution in [0.2, 0.25) is 5.15 Å². The van der Waals surface area contributed by atoms with Crippen LogP contribution in [0.5, 0.6) is 5.88 Å². The van der Waals surface area contributed by atoms with Gasteiger partial charge in [0.05, 0.1) is 30.6 Å². The first-order valence-corrected chi connectivity index (χ1v) is 6.22. The van der Waals surface area contributed by atoms with Crippen LogP contribution in [0.3, 0.4) is 0 Å². The molecule has 21 heavy (non-hydrogen) atoms. The summed E-state index contributed by atoms with van der Waals surface area (Å²) in [5.41, 5.74) is 0.926. The van der Waals surface area contributed by atoms with Crippen molar-refractivity contribution in [2.45, 2.75) is 0 Å². The van der Waals surface area contributed by atoms with Gasteiger partial charge in [-0.2, -0.15) is 10.1 Å². The molecular weight excluding hydrogens is 296 g/mol. The maximum Gasteiger partial charge on any atom is 0.261 e. The Morgan fingerprint density at radius 3 is 3.05 bits per heavy atom. The van der Waals surface area contributed by atoms with Crippen molar-refractivity contribution >= 4 is 29.0 Å². The number of aromatic nitrogens is 5. The Morgan fingerprint density at radius 1 is 1.38 bits per heavy atom. The van der Waals surface area contributed by atoms with E-state index in [9.17, 15) is 4.79 Å². The predicted octanol–water partition coefficient (Wildman–Crippen LogP) is 1.43. The Hall–Kier alpha value is -2.74. The van der Waals surface area contributed by atoms with Crippen LogP contribution >= 0.6 is 11.6 Å². The zero-order chi connectivity index (χ0) is 14.8. The summed E-state index contributed by atoms with van der Waals surface area (Å²) in [6.07, 6.45) is 6.20. The van der Waals surface area contributed by atoms with Crippen molar-refractivity contribution in [1.82, 2.24) is 24.6 Å². The van der Waals surface area contributed by atoms with Crippen molar-refractivity contribution in [3.05, 3.63) is 41.6 Å². The minimum atomic E-state index is -0.415. The Labute approximate surface area is 123 Å². The first-order chi connectivity index (χ1) is 10.2. The van der Waals surface area contributed by atoms with Gasteiger partial charge in [-0.25, -0.2) is 9.50 Å². The molecule has 106 valence electrons. The van der Waals surface area contributed by atoms with Gasteiger partial charge in [-0.15, -0.1) is 0 Å². The number of rotatable bonds is 3. The van der Waals surface area contributed by atoms with Crippen molar-refractivity contribution in [1.29, 1.82) is 0 Å². The van der Waals surface area contributed by atoms with Crippen LogP contribution < -0.4 is 10.1 Å². The lowest BCUT2D eigenvalue weighted by Gasteiger charge is -2.05. The van der Waals surface area contributed by atoms with E-state index in [1.807, 2.05) is 0 Å². The molecule has 0 bridgehead atoms. The molecule has 1 amide bonds. The molecule has 3 aromatic heterocycles. The molecule has 0 aliphatic rings. The van der Waals surface area contributed by atoms with Gasteiger partial charge in [0, 0.05) is 18.5 Å². The first kappa shape index (κ1) is 13.3. The summed E-state index contributed by atoms with van der Waals surface area (Å²) in [5, 5.41) is 6.77. The molecule has 0 spiro atoms. The molecule has 1 N–H and O–H groups in total. The van der Waals surface area contributed by atoms with Gasteiger partial charge >= 0.3 is 0 Å². The number of carbonyl (C=O) groups is 1. The Morgan fingerprint density at radius 2 is 2.24 bits per heavy atom. The largest absolute Gasteiger partial charge is 0.481 e. The zero-order valence-corrected chi connectivity index (χ0v) is 11.6. The standard InChI is InChI=1S/C12H9ClN6O2/c1-21-10-4-9(13)16-12(17-10)18-11(20)7-5-15-19-3-2-14-6-8(7)19/h2-6H,1H3,(H,16,17,18,20). The maximum absolute atomic E-state index is 12.2. The average molecular weight is 305 g/mol. The summed E-state index contributed by atoms with van der Waals surface area (Å²) in [5.74, 6) is -0.109. The summed E-state index contributed by atoms with van der Waals surface area (Å²) >= 11 is 5.82. The number of nitrogens with one attached hydrogen (secondary N) is 1. The van der Waals surface area contributed by atoms with E-state index >= 15 is 0 Å². The van der Waals surface area contributed by atoms with Crippen LogP contribution in [0.15, 0.2) is 30.9 Å².